The molecule has 1 aliphatic heterocycles. The minimum Gasteiger partial charge on any atom is -0.454 e. The Morgan fingerprint density at radius 2 is 1.15 bits per heavy atom. The minimum absolute atomic E-state index is 0.213. The molecule has 0 saturated carbocycles. The van der Waals surface area contributed by atoms with Gasteiger partial charge >= 0.3 is 5.97 Å². The molecule has 39 heavy (non-hydrogen) atoms. The van der Waals surface area contributed by atoms with Gasteiger partial charge in [-0.3, -0.25) is 28.9 Å². The molecule has 0 spiro atoms. The number of carbonyl (C=O) groups is 5. The summed E-state index contributed by atoms with van der Waals surface area (Å²) >= 11 is 0. The number of ether oxygens (including phenoxy) is 1. The summed E-state index contributed by atoms with van der Waals surface area (Å²) in [4.78, 5) is 64.2. The van der Waals surface area contributed by atoms with Crippen LogP contribution in [0.2, 0.25) is 0 Å². The standard InChI is InChI=1S/C30H25N3O6/c1-16(34)31-17-10-12-18(13-11-17)32-23(35)15-39-24(36)14-33-29(37)27-25-19-6-2-3-7-20(19)26(28(27)30(33)38)22-9-5-4-8-21(22)25/h2-13,25-28H,14-15H2,1H3,(H,31,34)(H,32,35)/t25?,26?,27-,28+. The van der Waals surface area contributed by atoms with E-state index in [0.29, 0.717) is 11.4 Å². The van der Waals surface area contributed by atoms with Crippen LogP contribution in [0.3, 0.4) is 0 Å². The molecule has 4 aliphatic rings. The van der Waals surface area contributed by atoms with Crippen LogP contribution in [-0.2, 0) is 28.7 Å². The lowest BCUT2D eigenvalue weighted by Gasteiger charge is -2.45. The molecule has 0 radical (unpaired) electrons. The largest absolute Gasteiger partial charge is 0.454 e. The molecule has 9 heteroatoms. The first-order valence-electron chi connectivity index (χ1n) is 12.7. The third-order valence-electron chi connectivity index (χ3n) is 7.68. The Balaban J connectivity index is 1.12. The van der Waals surface area contributed by atoms with Crippen LogP contribution < -0.4 is 10.6 Å². The van der Waals surface area contributed by atoms with Crippen LogP contribution in [0.1, 0.15) is 41.0 Å². The fraction of sp³-hybridized carbons (Fsp3) is 0.233. The van der Waals surface area contributed by atoms with Crippen LogP contribution in [0.25, 0.3) is 0 Å². The van der Waals surface area contributed by atoms with E-state index in [2.05, 4.69) is 10.6 Å². The monoisotopic (exact) mass is 523 g/mol. The van der Waals surface area contributed by atoms with E-state index >= 15 is 0 Å². The van der Waals surface area contributed by atoms with Gasteiger partial charge in [-0.15, -0.1) is 0 Å². The molecule has 4 amide bonds. The second-order valence-electron chi connectivity index (χ2n) is 9.99. The summed E-state index contributed by atoms with van der Waals surface area (Å²) in [6.45, 7) is 0.274. The van der Waals surface area contributed by atoms with Crippen molar-refractivity contribution < 1.29 is 28.7 Å². The SMILES string of the molecule is CC(=O)Nc1ccc(NC(=O)COC(=O)CN2C(=O)[C@@H]3C4c5ccccc5C(c5ccccc54)[C@@H]3C2=O)cc1. The molecule has 7 rings (SSSR count). The van der Waals surface area contributed by atoms with E-state index in [1.165, 1.54) is 6.92 Å². The molecule has 3 aromatic rings. The van der Waals surface area contributed by atoms with Crippen LogP contribution in [0.4, 0.5) is 11.4 Å². The maximum Gasteiger partial charge on any atom is 0.326 e. The third-order valence-corrected chi connectivity index (χ3v) is 7.68. The molecule has 2 bridgehead atoms. The average Bonchev–Trinajstić information content (AvgIpc) is 3.18. The van der Waals surface area contributed by atoms with Crippen LogP contribution in [0.15, 0.2) is 72.8 Å². The van der Waals surface area contributed by atoms with Crippen LogP contribution in [-0.4, -0.2) is 47.6 Å². The highest BCUT2D eigenvalue weighted by molar-refractivity contribution is 6.09. The van der Waals surface area contributed by atoms with Crippen molar-refractivity contribution in [1.29, 1.82) is 0 Å². The normalized spacial score (nSPS) is 22.0. The molecule has 1 saturated heterocycles. The van der Waals surface area contributed by atoms with E-state index in [4.69, 9.17) is 4.74 Å². The highest BCUT2D eigenvalue weighted by Gasteiger charge is 2.61. The van der Waals surface area contributed by atoms with Gasteiger partial charge < -0.3 is 15.4 Å². The third kappa shape index (κ3) is 4.16. The number of amides is 4. The zero-order chi connectivity index (χ0) is 27.3. The van der Waals surface area contributed by atoms with Gasteiger partial charge in [0, 0.05) is 30.1 Å². The van der Waals surface area contributed by atoms with Crippen molar-refractivity contribution >= 4 is 41.0 Å². The first kappa shape index (κ1) is 24.5. The van der Waals surface area contributed by atoms with Gasteiger partial charge in [0.15, 0.2) is 6.61 Å². The van der Waals surface area contributed by atoms with Crippen LogP contribution in [0.5, 0.6) is 0 Å². The fourth-order valence-corrected chi connectivity index (χ4v) is 6.25. The molecule has 3 aliphatic carbocycles. The molecule has 0 aromatic heterocycles. The smallest absolute Gasteiger partial charge is 0.326 e. The van der Waals surface area contributed by atoms with Gasteiger partial charge in [-0.2, -0.15) is 0 Å². The predicted molar refractivity (Wildman–Crippen MR) is 141 cm³/mol. The van der Waals surface area contributed by atoms with Crippen LogP contribution >= 0.6 is 0 Å². The Morgan fingerprint density at radius 1 is 0.718 bits per heavy atom. The maximum atomic E-state index is 13.6. The molecule has 2 atom stereocenters. The number of hydrogen-bond acceptors (Lipinski definition) is 6. The Bertz CT molecular complexity index is 1420. The van der Waals surface area contributed by atoms with Gasteiger partial charge in [0.1, 0.15) is 6.54 Å². The van der Waals surface area contributed by atoms with Crippen LogP contribution in [0, 0.1) is 11.8 Å². The zero-order valence-corrected chi connectivity index (χ0v) is 21.0. The number of likely N-dealkylation sites (tertiary alicyclic amines) is 1. The topological polar surface area (TPSA) is 122 Å². The van der Waals surface area contributed by atoms with Gasteiger partial charge in [0.2, 0.25) is 17.7 Å². The lowest BCUT2D eigenvalue weighted by molar-refractivity contribution is -0.154. The number of rotatable bonds is 6. The quantitative estimate of drug-likeness (QED) is 0.378. The van der Waals surface area contributed by atoms with Crippen molar-refractivity contribution in [3.05, 3.63) is 95.1 Å². The average molecular weight is 524 g/mol. The summed E-state index contributed by atoms with van der Waals surface area (Å²) in [5, 5.41) is 5.22. The number of esters is 1. The van der Waals surface area contributed by atoms with E-state index < -0.39 is 36.9 Å². The van der Waals surface area contributed by atoms with E-state index in [1.54, 1.807) is 24.3 Å². The second-order valence-corrected chi connectivity index (χ2v) is 9.99. The highest BCUT2D eigenvalue weighted by atomic mass is 16.5. The number of nitrogens with zero attached hydrogens (tertiary/aromatic N) is 1. The lowest BCUT2D eigenvalue weighted by Crippen LogP contribution is -2.41. The van der Waals surface area contributed by atoms with E-state index in [1.807, 2.05) is 48.5 Å². The number of hydrogen-bond donors (Lipinski definition) is 2. The Kier molecular flexibility index (Phi) is 5.98. The molecule has 196 valence electrons. The summed E-state index contributed by atoms with van der Waals surface area (Å²) in [6, 6.07) is 22.3. The van der Waals surface area contributed by atoms with Gasteiger partial charge in [-0.25, -0.2) is 0 Å². The molecule has 1 fully saturated rings. The van der Waals surface area contributed by atoms with Crippen molar-refractivity contribution in [3.63, 3.8) is 0 Å². The molecular formula is C30H25N3O6. The number of benzene rings is 3. The maximum absolute atomic E-state index is 13.6. The van der Waals surface area contributed by atoms with Crippen molar-refractivity contribution in [3.8, 4) is 0 Å². The predicted octanol–water partition coefficient (Wildman–Crippen LogP) is 3.02. The Morgan fingerprint density at radius 3 is 1.59 bits per heavy atom. The summed E-state index contributed by atoms with van der Waals surface area (Å²) in [6.07, 6.45) is 0. The Hall–Kier alpha value is -4.79. The van der Waals surface area contributed by atoms with Crippen molar-refractivity contribution in [2.45, 2.75) is 18.8 Å². The minimum atomic E-state index is -0.839. The molecule has 2 N–H and O–H groups in total. The summed E-state index contributed by atoms with van der Waals surface area (Å²) in [7, 11) is 0. The number of anilines is 2. The summed E-state index contributed by atoms with van der Waals surface area (Å²) in [5.74, 6) is -4.07. The van der Waals surface area contributed by atoms with Gasteiger partial charge in [-0.05, 0) is 46.5 Å². The van der Waals surface area contributed by atoms with Crippen molar-refractivity contribution in [2.75, 3.05) is 23.8 Å². The highest BCUT2D eigenvalue weighted by Crippen LogP contribution is 2.60. The number of imide groups is 1. The number of carbonyl (C=O) groups excluding carboxylic acids is 5. The lowest BCUT2D eigenvalue weighted by atomic mass is 9.55. The summed E-state index contributed by atoms with van der Waals surface area (Å²) < 4.78 is 5.10. The summed E-state index contributed by atoms with van der Waals surface area (Å²) in [5.41, 5.74) is 5.23. The van der Waals surface area contributed by atoms with Gasteiger partial charge in [0.25, 0.3) is 5.91 Å². The fourth-order valence-electron chi connectivity index (χ4n) is 6.25. The number of nitrogens with one attached hydrogen (secondary N) is 2. The zero-order valence-electron chi connectivity index (χ0n) is 21.0. The first-order chi connectivity index (χ1) is 18.8. The molecule has 1 heterocycles. The van der Waals surface area contributed by atoms with E-state index in [0.717, 1.165) is 27.2 Å². The molecule has 9 nitrogen and oxygen atoms in total. The molecule has 3 aromatic carbocycles. The van der Waals surface area contributed by atoms with E-state index in [-0.39, 0.29) is 29.6 Å². The van der Waals surface area contributed by atoms with Gasteiger partial charge in [0.05, 0.1) is 11.8 Å². The Labute approximate surface area is 224 Å². The van der Waals surface area contributed by atoms with Crippen molar-refractivity contribution in [1.82, 2.24) is 4.90 Å². The van der Waals surface area contributed by atoms with E-state index in [9.17, 15) is 24.0 Å². The first-order valence-corrected chi connectivity index (χ1v) is 12.7. The second kappa shape index (κ2) is 9.50. The van der Waals surface area contributed by atoms with Crippen molar-refractivity contribution in [2.24, 2.45) is 11.8 Å². The van der Waals surface area contributed by atoms with Gasteiger partial charge in [-0.1, -0.05) is 48.5 Å². The molecular weight excluding hydrogens is 498 g/mol. The molecule has 0 unspecified atom stereocenters.